The van der Waals surface area contributed by atoms with Crippen LogP contribution in [-0.4, -0.2) is 22.6 Å². The Kier molecular flexibility index (Phi) is 5.82. The lowest BCUT2D eigenvalue weighted by atomic mass is 10.1. The topological polar surface area (TPSA) is 88.2 Å². The fourth-order valence-corrected chi connectivity index (χ4v) is 1.90. The summed E-state index contributed by atoms with van der Waals surface area (Å²) in [6, 6.07) is 9.48. The first-order valence-electron chi connectivity index (χ1n) is 6.84. The third-order valence-electron chi connectivity index (χ3n) is 3.00. The fraction of sp³-hybridized carbons (Fsp3) is 0.125. The molecule has 0 aliphatic heterocycles. The Bertz CT molecular complexity index is 702. The van der Waals surface area contributed by atoms with Crippen molar-refractivity contribution >= 4 is 29.2 Å². The molecule has 7 heteroatoms. The number of aromatic nitrogens is 1. The highest BCUT2D eigenvalue weighted by Crippen LogP contribution is 2.11. The number of rotatable bonds is 5. The Balaban J connectivity index is 1.76. The van der Waals surface area contributed by atoms with Crippen molar-refractivity contribution in [1.29, 1.82) is 0 Å². The van der Waals surface area contributed by atoms with Crippen molar-refractivity contribution in [3.05, 3.63) is 64.9 Å². The minimum Gasteiger partial charge on any atom is -0.294 e. The number of hydrogen-bond donors (Lipinski definition) is 2. The highest BCUT2D eigenvalue weighted by Gasteiger charge is 2.10. The number of halogens is 1. The zero-order chi connectivity index (χ0) is 16.7. The van der Waals surface area contributed by atoms with E-state index in [2.05, 4.69) is 15.8 Å². The van der Waals surface area contributed by atoms with Crippen molar-refractivity contribution in [2.45, 2.75) is 12.8 Å². The maximum absolute atomic E-state index is 11.9. The van der Waals surface area contributed by atoms with Crippen molar-refractivity contribution in [2.75, 3.05) is 0 Å². The van der Waals surface area contributed by atoms with Gasteiger partial charge in [-0.15, -0.1) is 0 Å². The molecule has 0 aliphatic carbocycles. The number of benzene rings is 1. The number of nitrogens with zero attached hydrogens (tertiary/aromatic N) is 1. The van der Waals surface area contributed by atoms with Gasteiger partial charge in [0.15, 0.2) is 5.78 Å². The van der Waals surface area contributed by atoms with Crippen LogP contribution in [0.2, 0.25) is 5.02 Å². The van der Waals surface area contributed by atoms with Crippen LogP contribution in [0.5, 0.6) is 0 Å². The van der Waals surface area contributed by atoms with Crippen LogP contribution >= 0.6 is 11.6 Å². The molecule has 2 amide bonds. The summed E-state index contributed by atoms with van der Waals surface area (Å²) in [6.45, 7) is 0. The second-order valence-electron chi connectivity index (χ2n) is 4.67. The Labute approximate surface area is 137 Å². The van der Waals surface area contributed by atoms with Crippen LogP contribution in [0.1, 0.15) is 33.6 Å². The molecule has 0 radical (unpaired) electrons. The van der Waals surface area contributed by atoms with Crippen LogP contribution in [0.3, 0.4) is 0 Å². The summed E-state index contributed by atoms with van der Waals surface area (Å²) >= 11 is 5.75. The van der Waals surface area contributed by atoms with E-state index in [1.165, 1.54) is 24.5 Å². The largest absolute Gasteiger partial charge is 0.294 e. The summed E-state index contributed by atoms with van der Waals surface area (Å²) < 4.78 is 0. The van der Waals surface area contributed by atoms with Gasteiger partial charge in [0.1, 0.15) is 0 Å². The Morgan fingerprint density at radius 2 is 1.52 bits per heavy atom. The molecule has 0 fully saturated rings. The van der Waals surface area contributed by atoms with Gasteiger partial charge in [0.25, 0.3) is 5.91 Å². The minimum atomic E-state index is -0.454. The molecule has 118 valence electrons. The van der Waals surface area contributed by atoms with Gasteiger partial charge in [-0.1, -0.05) is 11.6 Å². The van der Waals surface area contributed by atoms with Gasteiger partial charge in [-0.05, 0) is 36.4 Å². The summed E-state index contributed by atoms with van der Waals surface area (Å²) in [4.78, 5) is 39.1. The van der Waals surface area contributed by atoms with Crippen LogP contribution in [0.15, 0.2) is 48.8 Å². The molecule has 0 aliphatic rings. The van der Waals surface area contributed by atoms with E-state index in [0.29, 0.717) is 16.1 Å². The molecule has 0 bridgehead atoms. The Morgan fingerprint density at radius 1 is 0.870 bits per heavy atom. The number of pyridine rings is 1. The Hall–Kier alpha value is -2.73. The number of hydrazine groups is 1. The lowest BCUT2D eigenvalue weighted by molar-refractivity contribution is -0.121. The number of ketones is 1. The minimum absolute atomic E-state index is 0.0297. The molecule has 2 aromatic rings. The summed E-state index contributed by atoms with van der Waals surface area (Å²) in [5.41, 5.74) is 5.40. The van der Waals surface area contributed by atoms with Crippen molar-refractivity contribution < 1.29 is 14.4 Å². The number of nitrogens with one attached hydrogen (secondary N) is 2. The quantitative estimate of drug-likeness (QED) is 0.649. The first-order chi connectivity index (χ1) is 11.1. The number of amides is 2. The van der Waals surface area contributed by atoms with E-state index in [4.69, 9.17) is 11.6 Å². The average Bonchev–Trinajstić information content (AvgIpc) is 2.59. The Morgan fingerprint density at radius 3 is 2.17 bits per heavy atom. The van der Waals surface area contributed by atoms with Crippen LogP contribution < -0.4 is 10.9 Å². The molecule has 23 heavy (non-hydrogen) atoms. The molecule has 1 aromatic heterocycles. The number of carbonyl (C=O) groups excluding carboxylic acids is 3. The first kappa shape index (κ1) is 16.6. The van der Waals surface area contributed by atoms with E-state index in [1.54, 1.807) is 24.3 Å². The molecule has 0 saturated heterocycles. The van der Waals surface area contributed by atoms with Gasteiger partial charge < -0.3 is 0 Å². The van der Waals surface area contributed by atoms with E-state index in [-0.39, 0.29) is 18.6 Å². The van der Waals surface area contributed by atoms with Crippen molar-refractivity contribution in [3.8, 4) is 0 Å². The zero-order valence-corrected chi connectivity index (χ0v) is 12.8. The van der Waals surface area contributed by atoms with Gasteiger partial charge >= 0.3 is 0 Å². The highest BCUT2D eigenvalue weighted by atomic mass is 35.5. The lowest BCUT2D eigenvalue weighted by Gasteiger charge is -2.07. The maximum Gasteiger partial charge on any atom is 0.269 e. The van der Waals surface area contributed by atoms with Crippen LogP contribution in [0.25, 0.3) is 0 Å². The first-order valence-corrected chi connectivity index (χ1v) is 7.22. The second kappa shape index (κ2) is 8.05. The molecule has 0 saturated carbocycles. The predicted octanol–water partition coefficient (Wildman–Crippen LogP) is 2.16. The molecular weight excluding hydrogens is 318 g/mol. The predicted molar refractivity (Wildman–Crippen MR) is 84.9 cm³/mol. The van der Waals surface area contributed by atoms with Crippen LogP contribution in [0.4, 0.5) is 0 Å². The highest BCUT2D eigenvalue weighted by molar-refractivity contribution is 6.30. The lowest BCUT2D eigenvalue weighted by Crippen LogP contribution is -2.41. The third-order valence-corrected chi connectivity index (χ3v) is 3.26. The van der Waals surface area contributed by atoms with Crippen molar-refractivity contribution in [2.24, 2.45) is 0 Å². The zero-order valence-electron chi connectivity index (χ0n) is 12.1. The van der Waals surface area contributed by atoms with Gasteiger partial charge in [-0.25, -0.2) is 0 Å². The average molecular weight is 332 g/mol. The van der Waals surface area contributed by atoms with Gasteiger partial charge in [-0.3, -0.25) is 30.2 Å². The van der Waals surface area contributed by atoms with Gasteiger partial charge in [0, 0.05) is 41.4 Å². The monoisotopic (exact) mass is 331 g/mol. The second-order valence-corrected chi connectivity index (χ2v) is 5.10. The number of Topliss-reactive ketones (excluding diaryl/α,β-unsaturated/α-hetero) is 1. The van der Waals surface area contributed by atoms with E-state index < -0.39 is 11.8 Å². The van der Waals surface area contributed by atoms with E-state index in [1.807, 2.05) is 0 Å². The molecule has 1 aromatic carbocycles. The van der Waals surface area contributed by atoms with Crippen molar-refractivity contribution in [3.63, 3.8) is 0 Å². The standard InChI is InChI=1S/C16H14ClN3O3/c17-13-3-1-11(2-4-13)14(21)5-6-15(22)19-20-16(23)12-7-9-18-10-8-12/h1-4,7-10H,5-6H2,(H,19,22)(H,20,23). The molecule has 0 atom stereocenters. The van der Waals surface area contributed by atoms with E-state index in [9.17, 15) is 14.4 Å². The smallest absolute Gasteiger partial charge is 0.269 e. The SMILES string of the molecule is O=C(CCC(=O)c1ccc(Cl)cc1)NNC(=O)c1ccncc1. The summed E-state index contributed by atoms with van der Waals surface area (Å²) in [6.07, 6.45) is 2.96. The summed E-state index contributed by atoms with van der Waals surface area (Å²) in [5, 5.41) is 0.540. The number of carbonyl (C=O) groups is 3. The van der Waals surface area contributed by atoms with Gasteiger partial charge in [-0.2, -0.15) is 0 Å². The third kappa shape index (κ3) is 5.19. The molecular formula is C16H14ClN3O3. The number of hydrogen-bond acceptors (Lipinski definition) is 4. The van der Waals surface area contributed by atoms with Gasteiger partial charge in [0.05, 0.1) is 0 Å². The van der Waals surface area contributed by atoms with Crippen LogP contribution in [-0.2, 0) is 4.79 Å². The van der Waals surface area contributed by atoms with Gasteiger partial charge in [0.2, 0.25) is 5.91 Å². The molecule has 0 unspecified atom stereocenters. The summed E-state index contributed by atoms with van der Waals surface area (Å²) in [5.74, 6) is -1.07. The molecule has 1 heterocycles. The normalized spacial score (nSPS) is 9.96. The van der Waals surface area contributed by atoms with Crippen molar-refractivity contribution in [1.82, 2.24) is 15.8 Å². The molecule has 0 spiro atoms. The summed E-state index contributed by atoms with van der Waals surface area (Å²) in [7, 11) is 0. The fourth-order valence-electron chi connectivity index (χ4n) is 1.77. The molecule has 6 nitrogen and oxygen atoms in total. The van der Waals surface area contributed by atoms with E-state index in [0.717, 1.165) is 0 Å². The maximum atomic E-state index is 11.9. The molecule has 2 rings (SSSR count). The van der Waals surface area contributed by atoms with Crippen LogP contribution in [0, 0.1) is 0 Å². The van der Waals surface area contributed by atoms with E-state index >= 15 is 0 Å². The molecule has 2 N–H and O–H groups in total.